The summed E-state index contributed by atoms with van der Waals surface area (Å²) in [6.07, 6.45) is 5.83. The summed E-state index contributed by atoms with van der Waals surface area (Å²) in [5.41, 5.74) is 2.65. The van der Waals surface area contributed by atoms with Gasteiger partial charge in [-0.1, -0.05) is 86.8 Å². The summed E-state index contributed by atoms with van der Waals surface area (Å²) in [7, 11) is 0. The van der Waals surface area contributed by atoms with E-state index in [1.165, 1.54) is 12.8 Å². The summed E-state index contributed by atoms with van der Waals surface area (Å²) in [5.74, 6) is 0.147. The molecule has 3 heteroatoms. The molecule has 160 valence electrons. The van der Waals surface area contributed by atoms with Gasteiger partial charge in [0.25, 0.3) is 0 Å². The highest BCUT2D eigenvalue weighted by molar-refractivity contribution is 5.72. The highest BCUT2D eigenvalue weighted by atomic mass is 16.5. The van der Waals surface area contributed by atoms with Gasteiger partial charge in [0.2, 0.25) is 0 Å². The Morgan fingerprint density at radius 3 is 1.93 bits per heavy atom. The summed E-state index contributed by atoms with van der Waals surface area (Å²) < 4.78 is 5.54. The SMILES string of the molecule is CCCCCCOC(=O)C(CC)Cc1cc(C(C)(C)C)c(O)c(C(C)(C)C)c1. The zero-order valence-corrected chi connectivity index (χ0v) is 19.4. The Kier molecular flexibility index (Phi) is 9.04. The maximum atomic E-state index is 12.6. The van der Waals surface area contributed by atoms with Gasteiger partial charge in [0.15, 0.2) is 0 Å². The number of unbranched alkanes of at least 4 members (excludes halogenated alkanes) is 3. The molecule has 1 N–H and O–H groups in total. The molecule has 0 spiro atoms. The van der Waals surface area contributed by atoms with Crippen LogP contribution in [0.25, 0.3) is 0 Å². The van der Waals surface area contributed by atoms with Crippen molar-refractivity contribution < 1.29 is 14.6 Å². The molecule has 0 amide bonds. The molecular weight excluding hydrogens is 348 g/mol. The Balaban J connectivity index is 3.03. The Bertz CT molecular complexity index is 597. The Morgan fingerprint density at radius 1 is 0.964 bits per heavy atom. The van der Waals surface area contributed by atoms with Gasteiger partial charge in [-0.2, -0.15) is 0 Å². The van der Waals surface area contributed by atoms with Gasteiger partial charge in [-0.15, -0.1) is 0 Å². The molecule has 0 aliphatic carbocycles. The molecule has 0 saturated heterocycles. The Labute approximate surface area is 172 Å². The Morgan fingerprint density at radius 2 is 1.50 bits per heavy atom. The van der Waals surface area contributed by atoms with Gasteiger partial charge >= 0.3 is 5.97 Å². The third-order valence-electron chi connectivity index (χ3n) is 5.34. The van der Waals surface area contributed by atoms with Gasteiger partial charge in [-0.25, -0.2) is 0 Å². The first-order valence-corrected chi connectivity index (χ1v) is 10.9. The van der Waals surface area contributed by atoms with Gasteiger partial charge in [0.1, 0.15) is 5.75 Å². The van der Waals surface area contributed by atoms with E-state index in [-0.39, 0.29) is 22.7 Å². The molecule has 0 aliphatic rings. The van der Waals surface area contributed by atoms with Gasteiger partial charge in [0.05, 0.1) is 12.5 Å². The lowest BCUT2D eigenvalue weighted by atomic mass is 9.77. The molecule has 1 aromatic carbocycles. The zero-order chi connectivity index (χ0) is 21.5. The van der Waals surface area contributed by atoms with Crippen LogP contribution in [0.4, 0.5) is 0 Å². The number of carbonyl (C=O) groups excluding carboxylic acids is 1. The molecule has 1 aromatic rings. The van der Waals surface area contributed by atoms with Crippen LogP contribution in [-0.4, -0.2) is 17.7 Å². The number of phenolic OH excluding ortho intramolecular Hbond substituents is 1. The Hall–Kier alpha value is -1.51. The zero-order valence-electron chi connectivity index (χ0n) is 19.4. The van der Waals surface area contributed by atoms with Gasteiger partial charge in [-0.05, 0) is 46.8 Å². The number of esters is 1. The molecule has 0 aromatic heterocycles. The molecule has 0 fully saturated rings. The third-order valence-corrected chi connectivity index (χ3v) is 5.34. The third kappa shape index (κ3) is 7.14. The van der Waals surface area contributed by atoms with Crippen molar-refractivity contribution in [1.82, 2.24) is 0 Å². The second kappa shape index (κ2) is 10.3. The molecule has 0 aliphatic heterocycles. The molecular formula is C25H42O3. The van der Waals surface area contributed by atoms with Gasteiger partial charge < -0.3 is 9.84 Å². The van der Waals surface area contributed by atoms with Crippen LogP contribution in [0.5, 0.6) is 5.75 Å². The largest absolute Gasteiger partial charge is 0.507 e. The number of phenols is 1. The van der Waals surface area contributed by atoms with E-state index in [0.717, 1.165) is 36.0 Å². The van der Waals surface area contributed by atoms with Crippen molar-refractivity contribution in [2.24, 2.45) is 5.92 Å². The first kappa shape index (κ1) is 24.5. The summed E-state index contributed by atoms with van der Waals surface area (Å²) in [5, 5.41) is 10.9. The molecule has 1 unspecified atom stereocenters. The number of carbonyl (C=O) groups is 1. The number of benzene rings is 1. The lowest BCUT2D eigenvalue weighted by Crippen LogP contribution is -2.22. The molecule has 0 bridgehead atoms. The predicted octanol–water partition coefficient (Wildman–Crippen LogP) is 6.68. The fraction of sp³-hybridized carbons (Fsp3) is 0.720. The number of rotatable bonds is 9. The van der Waals surface area contributed by atoms with Crippen molar-refractivity contribution in [2.45, 2.75) is 105 Å². The highest BCUT2D eigenvalue weighted by Crippen LogP contribution is 2.40. The van der Waals surface area contributed by atoms with E-state index >= 15 is 0 Å². The van der Waals surface area contributed by atoms with Crippen molar-refractivity contribution in [3.63, 3.8) is 0 Å². The molecule has 1 atom stereocenters. The predicted molar refractivity (Wildman–Crippen MR) is 118 cm³/mol. The average molecular weight is 391 g/mol. The number of aromatic hydroxyl groups is 1. The van der Waals surface area contributed by atoms with Crippen LogP contribution in [0.1, 0.15) is 104 Å². The van der Waals surface area contributed by atoms with Crippen molar-refractivity contribution in [3.8, 4) is 5.75 Å². The van der Waals surface area contributed by atoms with Crippen LogP contribution in [0.3, 0.4) is 0 Å². The number of hydrogen-bond acceptors (Lipinski definition) is 3. The minimum Gasteiger partial charge on any atom is -0.507 e. The monoisotopic (exact) mass is 390 g/mol. The van der Waals surface area contributed by atoms with E-state index in [0.29, 0.717) is 18.8 Å². The van der Waals surface area contributed by atoms with Crippen LogP contribution < -0.4 is 0 Å². The molecule has 3 nitrogen and oxygen atoms in total. The van der Waals surface area contributed by atoms with Crippen LogP contribution in [0, 0.1) is 5.92 Å². The van der Waals surface area contributed by atoms with Gasteiger partial charge in [0, 0.05) is 0 Å². The fourth-order valence-electron chi connectivity index (χ4n) is 3.45. The summed E-state index contributed by atoms with van der Waals surface area (Å²) in [6, 6.07) is 4.14. The molecule has 0 radical (unpaired) electrons. The smallest absolute Gasteiger partial charge is 0.309 e. The fourth-order valence-corrected chi connectivity index (χ4v) is 3.45. The minimum absolute atomic E-state index is 0.0957. The maximum absolute atomic E-state index is 12.6. The van der Waals surface area contributed by atoms with Crippen molar-refractivity contribution >= 4 is 5.97 Å². The van der Waals surface area contributed by atoms with Crippen LogP contribution in [0.15, 0.2) is 12.1 Å². The van der Waals surface area contributed by atoms with Crippen LogP contribution in [-0.2, 0) is 26.8 Å². The van der Waals surface area contributed by atoms with E-state index in [1.54, 1.807) is 0 Å². The number of hydrogen-bond donors (Lipinski definition) is 1. The highest BCUT2D eigenvalue weighted by Gasteiger charge is 2.28. The molecule has 0 saturated carbocycles. The van der Waals surface area contributed by atoms with E-state index in [9.17, 15) is 9.90 Å². The number of ether oxygens (including phenoxy) is 1. The molecule has 28 heavy (non-hydrogen) atoms. The lowest BCUT2D eigenvalue weighted by Gasteiger charge is -2.28. The maximum Gasteiger partial charge on any atom is 0.309 e. The minimum atomic E-state index is -0.165. The normalized spacial score (nSPS) is 13.4. The van der Waals surface area contributed by atoms with Crippen molar-refractivity contribution in [2.75, 3.05) is 6.61 Å². The second-order valence-electron chi connectivity index (χ2n) is 10.1. The first-order valence-electron chi connectivity index (χ1n) is 10.9. The van der Waals surface area contributed by atoms with E-state index < -0.39 is 0 Å². The van der Waals surface area contributed by atoms with Gasteiger partial charge in [-0.3, -0.25) is 4.79 Å². The first-order chi connectivity index (χ1) is 12.9. The van der Waals surface area contributed by atoms with E-state index in [4.69, 9.17) is 4.74 Å². The molecule has 1 rings (SSSR count). The topological polar surface area (TPSA) is 46.5 Å². The van der Waals surface area contributed by atoms with Crippen LogP contribution >= 0.6 is 0 Å². The van der Waals surface area contributed by atoms with Crippen LogP contribution in [0.2, 0.25) is 0 Å². The van der Waals surface area contributed by atoms with E-state index in [1.807, 2.05) is 6.92 Å². The van der Waals surface area contributed by atoms with Crippen molar-refractivity contribution in [1.29, 1.82) is 0 Å². The summed E-state index contributed by atoms with van der Waals surface area (Å²) in [4.78, 5) is 12.6. The quantitative estimate of drug-likeness (QED) is 0.378. The molecule has 0 heterocycles. The second-order valence-corrected chi connectivity index (χ2v) is 10.1. The summed E-state index contributed by atoms with van der Waals surface area (Å²) >= 11 is 0. The van der Waals surface area contributed by atoms with Crippen molar-refractivity contribution in [3.05, 3.63) is 28.8 Å². The standard InChI is InChI=1S/C25H42O3/c1-9-11-12-13-14-28-23(27)19(10-2)15-18-16-20(24(3,4)5)22(26)21(17-18)25(6,7)8/h16-17,19,26H,9-15H2,1-8H3. The summed E-state index contributed by atoms with van der Waals surface area (Å²) in [6.45, 7) is 17.4. The lowest BCUT2D eigenvalue weighted by molar-refractivity contribution is -0.148. The van der Waals surface area contributed by atoms with E-state index in [2.05, 4.69) is 60.6 Å². The average Bonchev–Trinajstić information content (AvgIpc) is 2.58.